The molecule has 1 heterocycles. The largest absolute Gasteiger partial charge is 0.496 e. The number of piperazine rings is 1. The molecule has 1 aliphatic rings. The molecule has 2 N–H and O–H groups in total. The highest BCUT2D eigenvalue weighted by molar-refractivity contribution is 7.80. The molecule has 1 aromatic rings. The van der Waals surface area contributed by atoms with Gasteiger partial charge in [0.1, 0.15) is 5.75 Å². The maximum Gasteiger partial charge on any atom is 0.257 e. The number of nitrogens with zero attached hydrogens (tertiary/aromatic N) is 2. The fourth-order valence-electron chi connectivity index (χ4n) is 2.49. The first-order chi connectivity index (χ1) is 10.0. The number of benzene rings is 1. The van der Waals surface area contributed by atoms with Gasteiger partial charge >= 0.3 is 0 Å². The van der Waals surface area contributed by atoms with Gasteiger partial charge in [0.15, 0.2) is 0 Å². The minimum Gasteiger partial charge on any atom is -0.496 e. The van der Waals surface area contributed by atoms with Crippen LogP contribution in [-0.2, 0) is 0 Å². The minimum absolute atomic E-state index is 0.0190. The molecular weight excluding hydrogens is 286 g/mol. The quantitative estimate of drug-likeness (QED) is 0.843. The van der Waals surface area contributed by atoms with Gasteiger partial charge in [0.2, 0.25) is 0 Å². The number of nitrogens with two attached hydrogens (primary N) is 1. The van der Waals surface area contributed by atoms with Gasteiger partial charge in [-0.15, -0.1) is 0 Å². The molecule has 6 heteroatoms. The second-order valence-corrected chi connectivity index (χ2v) is 5.76. The third-order valence-corrected chi connectivity index (χ3v) is 3.75. The van der Waals surface area contributed by atoms with Gasteiger partial charge in [0, 0.05) is 32.7 Å². The fraction of sp³-hybridized carbons (Fsp3) is 0.467. The van der Waals surface area contributed by atoms with Crippen molar-refractivity contribution in [2.75, 3.05) is 39.8 Å². The molecule has 0 aromatic heterocycles. The van der Waals surface area contributed by atoms with Crippen LogP contribution >= 0.6 is 12.2 Å². The number of carbonyl (C=O) groups is 1. The van der Waals surface area contributed by atoms with Crippen molar-refractivity contribution < 1.29 is 9.53 Å². The lowest BCUT2D eigenvalue weighted by molar-refractivity contribution is 0.0651. The number of amides is 1. The summed E-state index contributed by atoms with van der Waals surface area (Å²) < 4.78 is 5.29. The van der Waals surface area contributed by atoms with Crippen molar-refractivity contribution in [3.05, 3.63) is 29.3 Å². The molecule has 0 saturated carbocycles. The van der Waals surface area contributed by atoms with E-state index in [-0.39, 0.29) is 5.91 Å². The molecule has 0 bridgehead atoms. The summed E-state index contributed by atoms with van der Waals surface area (Å²) in [5, 5.41) is 0. The first-order valence-corrected chi connectivity index (χ1v) is 7.36. The van der Waals surface area contributed by atoms with Crippen LogP contribution in [0, 0.1) is 6.92 Å². The highest BCUT2D eigenvalue weighted by Gasteiger charge is 2.24. The van der Waals surface area contributed by atoms with E-state index in [0.717, 1.165) is 18.7 Å². The van der Waals surface area contributed by atoms with Crippen LogP contribution < -0.4 is 10.5 Å². The summed E-state index contributed by atoms with van der Waals surface area (Å²) in [6.45, 7) is 5.52. The molecule has 1 saturated heterocycles. The molecule has 1 aromatic carbocycles. The number of rotatable bonds is 4. The van der Waals surface area contributed by atoms with E-state index in [4.69, 9.17) is 22.7 Å². The van der Waals surface area contributed by atoms with E-state index in [2.05, 4.69) is 4.90 Å². The van der Waals surface area contributed by atoms with Gasteiger partial charge in [0.25, 0.3) is 5.91 Å². The first-order valence-electron chi connectivity index (χ1n) is 6.96. The molecule has 0 radical (unpaired) electrons. The zero-order chi connectivity index (χ0) is 15.4. The lowest BCUT2D eigenvalue weighted by Crippen LogP contribution is -2.50. The lowest BCUT2D eigenvalue weighted by atomic mass is 10.1. The Bertz CT molecular complexity index is 540. The van der Waals surface area contributed by atoms with E-state index < -0.39 is 0 Å². The van der Waals surface area contributed by atoms with Crippen LogP contribution in [0.5, 0.6) is 5.75 Å². The summed E-state index contributed by atoms with van der Waals surface area (Å²) in [4.78, 5) is 17.2. The smallest absolute Gasteiger partial charge is 0.257 e. The van der Waals surface area contributed by atoms with Crippen LogP contribution in [-0.4, -0.2) is 60.5 Å². The van der Waals surface area contributed by atoms with Crippen LogP contribution in [0.1, 0.15) is 15.9 Å². The second-order valence-electron chi connectivity index (χ2n) is 5.24. The Morgan fingerprint density at radius 2 is 2.00 bits per heavy atom. The summed E-state index contributed by atoms with van der Waals surface area (Å²) >= 11 is 4.92. The van der Waals surface area contributed by atoms with Crippen LogP contribution in [0.3, 0.4) is 0 Å². The average molecular weight is 307 g/mol. The topological polar surface area (TPSA) is 58.8 Å². The van der Waals surface area contributed by atoms with Crippen molar-refractivity contribution in [1.29, 1.82) is 0 Å². The third-order valence-electron chi connectivity index (χ3n) is 3.62. The molecular formula is C15H21N3O2S. The Labute approximate surface area is 130 Å². The van der Waals surface area contributed by atoms with E-state index in [9.17, 15) is 4.79 Å². The Morgan fingerprint density at radius 1 is 1.33 bits per heavy atom. The Balaban J connectivity index is 2.05. The minimum atomic E-state index is 0.0190. The number of aryl methyl sites for hydroxylation is 1. The Morgan fingerprint density at radius 3 is 2.57 bits per heavy atom. The number of hydrogen-bond acceptors (Lipinski definition) is 4. The van der Waals surface area contributed by atoms with Crippen LogP contribution in [0.4, 0.5) is 0 Å². The van der Waals surface area contributed by atoms with E-state index in [1.165, 1.54) is 0 Å². The number of thiocarbonyl (C=S) groups is 1. The molecule has 2 rings (SSSR count). The third kappa shape index (κ3) is 3.92. The fourth-order valence-corrected chi connectivity index (χ4v) is 2.67. The van der Waals surface area contributed by atoms with Gasteiger partial charge in [0.05, 0.1) is 17.7 Å². The highest BCUT2D eigenvalue weighted by Crippen LogP contribution is 2.22. The molecule has 114 valence electrons. The molecule has 1 aliphatic heterocycles. The Hall–Kier alpha value is -1.66. The molecule has 1 fully saturated rings. The maximum absolute atomic E-state index is 12.6. The van der Waals surface area contributed by atoms with Gasteiger partial charge < -0.3 is 15.4 Å². The SMILES string of the molecule is COc1ccc(C)cc1C(=O)N1CCN(CC(N)=S)CC1. The van der Waals surface area contributed by atoms with Crippen molar-refractivity contribution in [3.63, 3.8) is 0 Å². The standard InChI is InChI=1S/C15H21N3O2S/c1-11-3-4-13(20-2)12(9-11)15(19)18-7-5-17(6-8-18)10-14(16)21/h3-4,9H,5-8,10H2,1-2H3,(H2,16,21). The predicted molar refractivity (Wildman–Crippen MR) is 86.9 cm³/mol. The van der Waals surface area contributed by atoms with Crippen LogP contribution in [0.25, 0.3) is 0 Å². The van der Waals surface area contributed by atoms with Crippen LogP contribution in [0.2, 0.25) is 0 Å². The summed E-state index contributed by atoms with van der Waals surface area (Å²) in [5.41, 5.74) is 7.23. The number of ether oxygens (including phenoxy) is 1. The molecule has 5 nitrogen and oxygen atoms in total. The number of methoxy groups -OCH3 is 1. The maximum atomic E-state index is 12.6. The van der Waals surface area contributed by atoms with Gasteiger partial charge in [-0.25, -0.2) is 0 Å². The van der Waals surface area contributed by atoms with Gasteiger partial charge in [-0.2, -0.15) is 0 Å². The zero-order valence-electron chi connectivity index (χ0n) is 12.5. The molecule has 1 amide bonds. The van der Waals surface area contributed by atoms with Crippen molar-refractivity contribution in [1.82, 2.24) is 9.80 Å². The van der Waals surface area contributed by atoms with Crippen molar-refractivity contribution in [2.24, 2.45) is 5.73 Å². The monoisotopic (exact) mass is 307 g/mol. The van der Waals surface area contributed by atoms with Gasteiger partial charge in [-0.1, -0.05) is 23.8 Å². The highest BCUT2D eigenvalue weighted by atomic mass is 32.1. The van der Waals surface area contributed by atoms with Gasteiger partial charge in [-0.3, -0.25) is 9.69 Å². The van der Waals surface area contributed by atoms with Crippen molar-refractivity contribution >= 4 is 23.1 Å². The lowest BCUT2D eigenvalue weighted by Gasteiger charge is -2.34. The first kappa shape index (κ1) is 15.7. The van der Waals surface area contributed by atoms with E-state index in [1.54, 1.807) is 7.11 Å². The molecule has 0 spiro atoms. The number of hydrogen-bond donors (Lipinski definition) is 1. The van der Waals surface area contributed by atoms with Crippen molar-refractivity contribution in [3.8, 4) is 5.75 Å². The molecule has 0 aliphatic carbocycles. The summed E-state index contributed by atoms with van der Waals surface area (Å²) in [7, 11) is 1.58. The van der Waals surface area contributed by atoms with Crippen molar-refractivity contribution in [2.45, 2.75) is 6.92 Å². The van der Waals surface area contributed by atoms with Gasteiger partial charge in [-0.05, 0) is 19.1 Å². The number of carbonyl (C=O) groups excluding carboxylic acids is 1. The molecule has 0 unspecified atom stereocenters. The summed E-state index contributed by atoms with van der Waals surface area (Å²) in [6.07, 6.45) is 0. The van der Waals surface area contributed by atoms with E-state index in [1.807, 2.05) is 30.0 Å². The average Bonchev–Trinajstić information content (AvgIpc) is 2.46. The van der Waals surface area contributed by atoms with E-state index >= 15 is 0 Å². The summed E-state index contributed by atoms with van der Waals surface area (Å²) in [6, 6.07) is 5.66. The normalized spacial score (nSPS) is 15.8. The summed E-state index contributed by atoms with van der Waals surface area (Å²) in [5.74, 6) is 0.640. The molecule has 0 atom stereocenters. The zero-order valence-corrected chi connectivity index (χ0v) is 13.3. The van der Waals surface area contributed by atoms with Crippen LogP contribution in [0.15, 0.2) is 18.2 Å². The second kappa shape index (κ2) is 6.87. The Kier molecular flexibility index (Phi) is 5.14. The molecule has 21 heavy (non-hydrogen) atoms. The van der Waals surface area contributed by atoms with E-state index in [0.29, 0.717) is 35.9 Å². The predicted octanol–water partition coefficient (Wildman–Crippen LogP) is 1.05.